The second-order valence-corrected chi connectivity index (χ2v) is 4.66. The average Bonchev–Trinajstić information content (AvgIpc) is 2.45. The molecule has 0 aromatic heterocycles. The maximum absolute atomic E-state index is 12.3. The number of hydrogen-bond donors (Lipinski definition) is 1. The van der Waals surface area contributed by atoms with E-state index in [1.165, 1.54) is 0 Å². The summed E-state index contributed by atoms with van der Waals surface area (Å²) >= 11 is 0. The molecule has 0 aliphatic carbocycles. The van der Waals surface area contributed by atoms with E-state index in [-0.39, 0.29) is 18.5 Å². The highest BCUT2D eigenvalue weighted by Gasteiger charge is 2.17. The molecule has 1 atom stereocenters. The molecule has 0 fully saturated rings. The van der Waals surface area contributed by atoms with Crippen molar-refractivity contribution in [3.63, 3.8) is 0 Å². The minimum Gasteiger partial charge on any atom is -0.338 e. The Morgan fingerprint density at radius 2 is 2.20 bits per heavy atom. The van der Waals surface area contributed by atoms with Gasteiger partial charge in [0.1, 0.15) is 0 Å². The Morgan fingerprint density at radius 1 is 1.50 bits per heavy atom. The van der Waals surface area contributed by atoms with Gasteiger partial charge in [0.15, 0.2) is 0 Å². The second-order valence-electron chi connectivity index (χ2n) is 4.66. The minimum absolute atomic E-state index is 0.108. The first-order chi connectivity index (χ1) is 9.51. The molecule has 0 radical (unpaired) electrons. The van der Waals surface area contributed by atoms with E-state index in [0.717, 1.165) is 11.1 Å². The fourth-order valence-electron chi connectivity index (χ4n) is 1.71. The van der Waals surface area contributed by atoms with Crippen LogP contribution in [-0.2, 0) is 0 Å². The first-order valence-corrected chi connectivity index (χ1v) is 6.45. The van der Waals surface area contributed by atoms with Crippen molar-refractivity contribution in [2.24, 2.45) is 5.73 Å². The van der Waals surface area contributed by atoms with Crippen LogP contribution in [-0.4, -0.2) is 30.4 Å². The zero-order chi connectivity index (χ0) is 15.1. The van der Waals surface area contributed by atoms with Crippen LogP contribution >= 0.6 is 0 Å². The molecule has 1 amide bonds. The van der Waals surface area contributed by atoms with Crippen LogP contribution < -0.4 is 5.73 Å². The number of nitriles is 1. The van der Waals surface area contributed by atoms with Crippen molar-refractivity contribution in [1.82, 2.24) is 4.90 Å². The third-order valence-corrected chi connectivity index (χ3v) is 3.18. The van der Waals surface area contributed by atoms with Gasteiger partial charge in [-0.25, -0.2) is 0 Å². The van der Waals surface area contributed by atoms with Crippen molar-refractivity contribution in [2.75, 3.05) is 13.6 Å². The van der Waals surface area contributed by atoms with E-state index < -0.39 is 0 Å². The summed E-state index contributed by atoms with van der Waals surface area (Å²) in [5.41, 5.74) is 7.76. The predicted octanol–water partition coefficient (Wildman–Crippen LogP) is 1.68. The van der Waals surface area contributed by atoms with E-state index in [0.29, 0.717) is 12.0 Å². The summed E-state index contributed by atoms with van der Waals surface area (Å²) in [6, 6.07) is 7.38. The smallest absolute Gasteiger partial charge is 0.253 e. The molecule has 4 nitrogen and oxygen atoms in total. The number of carbonyl (C=O) groups excluding carboxylic acids is 1. The monoisotopic (exact) mass is 269 g/mol. The van der Waals surface area contributed by atoms with Crippen LogP contribution in [0.3, 0.4) is 0 Å². The van der Waals surface area contributed by atoms with Gasteiger partial charge in [0.2, 0.25) is 0 Å². The number of aryl methyl sites for hydroxylation is 1. The summed E-state index contributed by atoms with van der Waals surface area (Å²) in [4.78, 5) is 13.9. The molecule has 0 heterocycles. The highest BCUT2D eigenvalue weighted by molar-refractivity contribution is 5.94. The van der Waals surface area contributed by atoms with Gasteiger partial charge in [-0.15, -0.1) is 0 Å². The first kappa shape index (κ1) is 15.8. The summed E-state index contributed by atoms with van der Waals surface area (Å²) < 4.78 is 0. The van der Waals surface area contributed by atoms with Crippen molar-refractivity contribution in [1.29, 1.82) is 5.26 Å². The molecule has 4 heteroatoms. The van der Waals surface area contributed by atoms with Crippen LogP contribution in [0.1, 0.15) is 34.8 Å². The number of amides is 1. The van der Waals surface area contributed by atoms with E-state index in [2.05, 4.69) is 17.9 Å². The molecular weight excluding hydrogens is 250 g/mol. The third kappa shape index (κ3) is 3.85. The van der Waals surface area contributed by atoms with E-state index in [1.54, 1.807) is 24.1 Å². The van der Waals surface area contributed by atoms with Gasteiger partial charge in [-0.1, -0.05) is 17.9 Å². The van der Waals surface area contributed by atoms with E-state index in [9.17, 15) is 4.79 Å². The number of nitrogens with zero attached hydrogens (tertiary/aromatic N) is 2. The van der Waals surface area contributed by atoms with Crippen molar-refractivity contribution in [3.05, 3.63) is 34.9 Å². The molecule has 2 N–H and O–H groups in total. The fourth-order valence-corrected chi connectivity index (χ4v) is 1.71. The predicted molar refractivity (Wildman–Crippen MR) is 78.9 cm³/mol. The van der Waals surface area contributed by atoms with Gasteiger partial charge in [0.05, 0.1) is 19.0 Å². The van der Waals surface area contributed by atoms with Crippen molar-refractivity contribution in [3.8, 4) is 17.9 Å². The molecular formula is C16H19N3O. The van der Waals surface area contributed by atoms with Crippen LogP contribution in [0.4, 0.5) is 0 Å². The number of nitrogens with two attached hydrogens (primary N) is 1. The Bertz CT molecular complexity index is 590. The zero-order valence-electron chi connectivity index (χ0n) is 12.1. The van der Waals surface area contributed by atoms with E-state index in [4.69, 9.17) is 11.0 Å². The highest BCUT2D eigenvalue weighted by atomic mass is 16.2. The molecule has 104 valence electrons. The summed E-state index contributed by atoms with van der Waals surface area (Å²) in [6.45, 7) is 4.08. The lowest BCUT2D eigenvalue weighted by atomic mass is 10.0. The van der Waals surface area contributed by atoms with Crippen molar-refractivity contribution in [2.45, 2.75) is 26.3 Å². The lowest BCUT2D eigenvalue weighted by Gasteiger charge is -2.23. The summed E-state index contributed by atoms with van der Waals surface area (Å²) in [7, 11) is 1.70. The van der Waals surface area contributed by atoms with Crippen LogP contribution in [0, 0.1) is 30.1 Å². The molecule has 0 spiro atoms. The van der Waals surface area contributed by atoms with Gasteiger partial charge < -0.3 is 10.6 Å². The quantitative estimate of drug-likeness (QED) is 0.849. The summed E-state index contributed by atoms with van der Waals surface area (Å²) in [6.07, 6.45) is 0.313. The molecule has 0 bridgehead atoms. The summed E-state index contributed by atoms with van der Waals surface area (Å²) in [5, 5.41) is 8.70. The standard InChI is InChI=1S/C16H19N3O/c1-12-6-7-15(11-14(12)5-4-9-17)16(20)19(3)13(2)8-10-18/h6-7,11,13H,8-9,17H2,1-3H3. The second kappa shape index (κ2) is 7.33. The van der Waals surface area contributed by atoms with Gasteiger partial charge in [-0.2, -0.15) is 5.26 Å². The Kier molecular flexibility index (Phi) is 5.77. The normalized spacial score (nSPS) is 10.9. The Hall–Kier alpha value is -2.30. The first-order valence-electron chi connectivity index (χ1n) is 6.45. The number of rotatable bonds is 3. The third-order valence-electron chi connectivity index (χ3n) is 3.18. The lowest BCUT2D eigenvalue weighted by molar-refractivity contribution is 0.0746. The minimum atomic E-state index is -0.118. The van der Waals surface area contributed by atoms with Gasteiger partial charge in [0, 0.05) is 24.2 Å². The van der Waals surface area contributed by atoms with Crippen molar-refractivity contribution >= 4 is 5.91 Å². The van der Waals surface area contributed by atoms with Crippen molar-refractivity contribution < 1.29 is 4.79 Å². The molecule has 20 heavy (non-hydrogen) atoms. The highest BCUT2D eigenvalue weighted by Crippen LogP contribution is 2.13. The Morgan fingerprint density at radius 3 is 2.80 bits per heavy atom. The van der Waals surface area contributed by atoms with E-state index >= 15 is 0 Å². The molecule has 1 aromatic carbocycles. The van der Waals surface area contributed by atoms with Gasteiger partial charge in [0.25, 0.3) is 5.91 Å². The van der Waals surface area contributed by atoms with Crippen LogP contribution in [0.25, 0.3) is 0 Å². The van der Waals surface area contributed by atoms with Gasteiger partial charge in [-0.3, -0.25) is 4.79 Å². The molecule has 1 rings (SSSR count). The van der Waals surface area contributed by atoms with Crippen LogP contribution in [0.5, 0.6) is 0 Å². The number of hydrogen-bond acceptors (Lipinski definition) is 3. The van der Waals surface area contributed by atoms with Gasteiger partial charge in [-0.05, 0) is 31.5 Å². The topological polar surface area (TPSA) is 70.1 Å². The maximum atomic E-state index is 12.3. The molecule has 0 saturated carbocycles. The van der Waals surface area contributed by atoms with Crippen LogP contribution in [0.2, 0.25) is 0 Å². The number of benzene rings is 1. The fraction of sp³-hybridized carbons (Fsp3) is 0.375. The SMILES string of the molecule is Cc1ccc(C(=O)N(C)C(C)CC#N)cc1C#CCN. The van der Waals surface area contributed by atoms with Gasteiger partial charge >= 0.3 is 0 Å². The number of carbonyl (C=O) groups is 1. The molecule has 1 aromatic rings. The Balaban J connectivity index is 3.03. The molecule has 0 saturated heterocycles. The molecule has 1 unspecified atom stereocenters. The lowest BCUT2D eigenvalue weighted by Crippen LogP contribution is -2.34. The molecule has 0 aliphatic heterocycles. The van der Waals surface area contributed by atoms with Crippen LogP contribution in [0.15, 0.2) is 18.2 Å². The Labute approximate surface area is 120 Å². The molecule has 0 aliphatic rings. The van der Waals surface area contributed by atoms with E-state index in [1.807, 2.05) is 19.9 Å². The summed E-state index contributed by atoms with van der Waals surface area (Å²) in [5.74, 6) is 5.65. The largest absolute Gasteiger partial charge is 0.338 e. The zero-order valence-corrected chi connectivity index (χ0v) is 12.1. The average molecular weight is 269 g/mol. The maximum Gasteiger partial charge on any atom is 0.253 e.